The highest BCUT2D eigenvalue weighted by Gasteiger charge is 2.19. The summed E-state index contributed by atoms with van der Waals surface area (Å²) in [5.41, 5.74) is 2.76. The number of hydrogen-bond donors (Lipinski definition) is 1. The molecule has 4 aromatic rings. The number of carbonyl (C=O) groups excluding carboxylic acids is 2. The average Bonchev–Trinajstić information content (AvgIpc) is 3.35. The number of carbonyl (C=O) groups is 2. The Bertz CT molecular complexity index is 1230. The topological polar surface area (TPSA) is 81.9 Å². The lowest BCUT2D eigenvalue weighted by atomic mass is 10.1. The summed E-state index contributed by atoms with van der Waals surface area (Å²) < 4.78 is 12.1. The van der Waals surface area contributed by atoms with Crippen molar-refractivity contribution in [3.8, 4) is 17.0 Å². The van der Waals surface area contributed by atoms with E-state index in [9.17, 15) is 9.59 Å². The van der Waals surface area contributed by atoms with Crippen molar-refractivity contribution in [2.75, 3.05) is 19.0 Å². The molecule has 0 radical (unpaired) electrons. The SMILES string of the molecule is CCOC(=O)c1ccccc1NC(=O)c1csc2nc(-c3cccc(OC)c3)cn12. The summed E-state index contributed by atoms with van der Waals surface area (Å²) in [7, 11) is 1.61. The predicted molar refractivity (Wildman–Crippen MR) is 115 cm³/mol. The standard InChI is InChI=1S/C22H19N3O4S/c1-3-29-21(27)16-9-4-5-10-17(16)23-20(26)19-13-30-22-24-18(12-25(19)22)14-7-6-8-15(11-14)28-2/h4-13H,3H2,1-2H3,(H,23,26). The number of methoxy groups -OCH3 is 1. The molecule has 0 bridgehead atoms. The van der Waals surface area contributed by atoms with Crippen molar-refractivity contribution in [2.45, 2.75) is 6.92 Å². The van der Waals surface area contributed by atoms with Crippen LogP contribution in [0.4, 0.5) is 5.69 Å². The van der Waals surface area contributed by atoms with Gasteiger partial charge in [-0.25, -0.2) is 9.78 Å². The molecule has 0 saturated heterocycles. The van der Waals surface area contributed by atoms with Gasteiger partial charge in [0.25, 0.3) is 5.91 Å². The maximum absolute atomic E-state index is 12.9. The van der Waals surface area contributed by atoms with E-state index < -0.39 is 5.97 Å². The zero-order valence-electron chi connectivity index (χ0n) is 16.4. The third kappa shape index (κ3) is 3.77. The van der Waals surface area contributed by atoms with E-state index >= 15 is 0 Å². The van der Waals surface area contributed by atoms with Gasteiger partial charge in [-0.3, -0.25) is 9.20 Å². The number of benzene rings is 2. The third-order valence-corrected chi connectivity index (χ3v) is 5.32. The lowest BCUT2D eigenvalue weighted by Crippen LogP contribution is -2.17. The Morgan fingerprint density at radius 3 is 2.80 bits per heavy atom. The number of anilines is 1. The fourth-order valence-corrected chi connectivity index (χ4v) is 3.89. The van der Waals surface area contributed by atoms with Crippen LogP contribution in [0.15, 0.2) is 60.1 Å². The summed E-state index contributed by atoms with van der Waals surface area (Å²) in [4.78, 5) is 30.4. The molecule has 0 atom stereocenters. The number of rotatable bonds is 6. The number of thiazole rings is 1. The van der Waals surface area contributed by atoms with Gasteiger partial charge in [0, 0.05) is 17.1 Å². The molecule has 1 amide bonds. The zero-order chi connectivity index (χ0) is 21.1. The van der Waals surface area contributed by atoms with Gasteiger partial charge in [-0.1, -0.05) is 24.3 Å². The van der Waals surface area contributed by atoms with Crippen molar-refractivity contribution in [3.05, 3.63) is 71.4 Å². The maximum Gasteiger partial charge on any atom is 0.340 e. The average molecular weight is 421 g/mol. The van der Waals surface area contributed by atoms with Crippen LogP contribution >= 0.6 is 11.3 Å². The van der Waals surface area contributed by atoms with Crippen molar-refractivity contribution < 1.29 is 19.1 Å². The molecule has 0 saturated carbocycles. The normalized spacial score (nSPS) is 10.7. The second-order valence-corrected chi connectivity index (χ2v) is 7.19. The smallest absolute Gasteiger partial charge is 0.340 e. The molecule has 30 heavy (non-hydrogen) atoms. The first-order valence-electron chi connectivity index (χ1n) is 9.29. The largest absolute Gasteiger partial charge is 0.497 e. The monoisotopic (exact) mass is 421 g/mol. The fraction of sp³-hybridized carbons (Fsp3) is 0.136. The molecule has 152 valence electrons. The van der Waals surface area contributed by atoms with Crippen molar-refractivity contribution in [1.29, 1.82) is 0 Å². The summed E-state index contributed by atoms with van der Waals surface area (Å²) in [6.07, 6.45) is 1.81. The van der Waals surface area contributed by atoms with Crippen molar-refractivity contribution in [2.24, 2.45) is 0 Å². The van der Waals surface area contributed by atoms with Gasteiger partial charge in [0.2, 0.25) is 0 Å². The first kappa shape index (κ1) is 19.7. The molecule has 2 heterocycles. The molecular formula is C22H19N3O4S. The Labute approximate surface area is 176 Å². The van der Waals surface area contributed by atoms with Crippen LogP contribution in [0.5, 0.6) is 5.75 Å². The number of ether oxygens (including phenoxy) is 2. The first-order chi connectivity index (χ1) is 14.6. The summed E-state index contributed by atoms with van der Waals surface area (Å²) in [6, 6.07) is 14.3. The van der Waals surface area contributed by atoms with Crippen molar-refractivity contribution >= 4 is 33.9 Å². The van der Waals surface area contributed by atoms with E-state index in [1.165, 1.54) is 11.3 Å². The Kier molecular flexibility index (Phi) is 5.49. The van der Waals surface area contributed by atoms with Gasteiger partial charge in [-0.15, -0.1) is 11.3 Å². The number of para-hydroxylation sites is 1. The first-order valence-corrected chi connectivity index (χ1v) is 10.2. The predicted octanol–water partition coefficient (Wildman–Crippen LogP) is 4.50. The van der Waals surface area contributed by atoms with E-state index in [1.54, 1.807) is 48.1 Å². The minimum Gasteiger partial charge on any atom is -0.497 e. The van der Waals surface area contributed by atoms with Crippen LogP contribution < -0.4 is 10.1 Å². The Morgan fingerprint density at radius 1 is 1.17 bits per heavy atom. The maximum atomic E-state index is 12.9. The molecule has 2 aromatic heterocycles. The van der Waals surface area contributed by atoms with E-state index in [-0.39, 0.29) is 12.5 Å². The second-order valence-electron chi connectivity index (χ2n) is 6.35. The Morgan fingerprint density at radius 2 is 2.00 bits per heavy atom. The van der Waals surface area contributed by atoms with Gasteiger partial charge >= 0.3 is 5.97 Å². The van der Waals surface area contributed by atoms with Crippen LogP contribution in [0.2, 0.25) is 0 Å². The molecule has 4 rings (SSSR count). The number of fused-ring (bicyclic) bond motifs is 1. The van der Waals surface area contributed by atoms with Gasteiger partial charge in [-0.05, 0) is 31.2 Å². The third-order valence-electron chi connectivity index (χ3n) is 4.48. The van der Waals surface area contributed by atoms with Gasteiger partial charge in [0.05, 0.1) is 30.7 Å². The zero-order valence-corrected chi connectivity index (χ0v) is 17.2. The summed E-state index contributed by atoms with van der Waals surface area (Å²) >= 11 is 1.37. The van der Waals surface area contributed by atoms with Crippen LogP contribution in [-0.2, 0) is 4.74 Å². The number of amides is 1. The van der Waals surface area contributed by atoms with Gasteiger partial charge in [-0.2, -0.15) is 0 Å². The van der Waals surface area contributed by atoms with Crippen molar-refractivity contribution in [3.63, 3.8) is 0 Å². The van der Waals surface area contributed by atoms with Gasteiger partial charge < -0.3 is 14.8 Å². The van der Waals surface area contributed by atoms with E-state index in [2.05, 4.69) is 10.3 Å². The van der Waals surface area contributed by atoms with E-state index in [0.29, 0.717) is 21.9 Å². The van der Waals surface area contributed by atoms with Crippen molar-refractivity contribution in [1.82, 2.24) is 9.38 Å². The Hall–Kier alpha value is -3.65. The highest BCUT2D eigenvalue weighted by atomic mass is 32.1. The molecule has 0 fully saturated rings. The number of aromatic nitrogens is 2. The van der Waals surface area contributed by atoms with Crippen LogP contribution in [-0.4, -0.2) is 35.0 Å². The van der Waals surface area contributed by atoms with E-state index in [1.807, 2.05) is 30.5 Å². The van der Waals surface area contributed by atoms with Crippen LogP contribution in [0.25, 0.3) is 16.2 Å². The van der Waals surface area contributed by atoms with Crippen LogP contribution in [0.1, 0.15) is 27.8 Å². The van der Waals surface area contributed by atoms with Crippen LogP contribution in [0, 0.1) is 0 Å². The minimum absolute atomic E-state index is 0.258. The number of hydrogen-bond acceptors (Lipinski definition) is 6. The van der Waals surface area contributed by atoms with Crippen LogP contribution in [0.3, 0.4) is 0 Å². The molecule has 0 aliphatic carbocycles. The number of nitrogens with zero attached hydrogens (tertiary/aromatic N) is 2. The molecule has 7 nitrogen and oxygen atoms in total. The highest BCUT2D eigenvalue weighted by Crippen LogP contribution is 2.27. The fourth-order valence-electron chi connectivity index (χ4n) is 3.03. The molecule has 0 aliphatic rings. The molecule has 0 aliphatic heterocycles. The number of nitrogens with one attached hydrogen (secondary N) is 1. The number of imidazole rings is 1. The lowest BCUT2D eigenvalue weighted by Gasteiger charge is -2.10. The quantitative estimate of drug-likeness (QED) is 0.464. The highest BCUT2D eigenvalue weighted by molar-refractivity contribution is 7.15. The Balaban J connectivity index is 1.64. The summed E-state index contributed by atoms with van der Waals surface area (Å²) in [5, 5.41) is 4.55. The van der Waals surface area contributed by atoms with Gasteiger partial charge in [0.1, 0.15) is 11.4 Å². The minimum atomic E-state index is -0.480. The van der Waals surface area contributed by atoms with E-state index in [4.69, 9.17) is 9.47 Å². The summed E-state index contributed by atoms with van der Waals surface area (Å²) in [6.45, 7) is 1.99. The van der Waals surface area contributed by atoms with Gasteiger partial charge in [0.15, 0.2) is 4.96 Å². The summed E-state index contributed by atoms with van der Waals surface area (Å²) in [5.74, 6) is -0.0863. The van der Waals surface area contributed by atoms with E-state index in [0.717, 1.165) is 17.0 Å². The molecule has 0 spiro atoms. The molecule has 0 unspecified atom stereocenters. The molecule has 2 aromatic carbocycles. The molecule has 1 N–H and O–H groups in total. The second kappa shape index (κ2) is 8.38. The number of esters is 1. The molecule has 8 heteroatoms. The molecular weight excluding hydrogens is 402 g/mol. The lowest BCUT2D eigenvalue weighted by molar-refractivity contribution is 0.0527.